The molecule has 1 aromatic heterocycles. The van der Waals surface area contributed by atoms with Gasteiger partial charge < -0.3 is 10.2 Å². The lowest BCUT2D eigenvalue weighted by Crippen LogP contribution is -2.14. The summed E-state index contributed by atoms with van der Waals surface area (Å²) in [7, 11) is 2.00. The van der Waals surface area contributed by atoms with Gasteiger partial charge in [-0.2, -0.15) is 4.98 Å². The normalized spacial score (nSPS) is 10.4. The van der Waals surface area contributed by atoms with E-state index in [1.165, 1.54) is 5.56 Å². The molecule has 0 saturated carbocycles. The molecule has 0 unspecified atom stereocenters. The predicted molar refractivity (Wildman–Crippen MR) is 100 cm³/mol. The second kappa shape index (κ2) is 7.79. The van der Waals surface area contributed by atoms with E-state index in [1.807, 2.05) is 60.5 Å². The SMILES string of the molecule is CN(c1ccccc1)c1ccnc(NCCc2ccc(Cl)cc2)n1. The van der Waals surface area contributed by atoms with Crippen molar-refractivity contribution in [2.45, 2.75) is 6.42 Å². The number of halogens is 1. The Balaban J connectivity index is 1.62. The van der Waals surface area contributed by atoms with Crippen LogP contribution in [0.5, 0.6) is 0 Å². The molecule has 0 aliphatic heterocycles. The third-order valence-electron chi connectivity index (χ3n) is 3.74. The van der Waals surface area contributed by atoms with Crippen LogP contribution in [0.1, 0.15) is 5.56 Å². The van der Waals surface area contributed by atoms with Crippen LogP contribution in [0.3, 0.4) is 0 Å². The zero-order chi connectivity index (χ0) is 16.8. The molecule has 0 radical (unpaired) electrons. The summed E-state index contributed by atoms with van der Waals surface area (Å²) in [5.74, 6) is 1.48. The molecule has 0 fully saturated rings. The minimum absolute atomic E-state index is 0.629. The number of hydrogen-bond donors (Lipinski definition) is 1. The Morgan fingerprint density at radius 1 is 1.00 bits per heavy atom. The summed E-state index contributed by atoms with van der Waals surface area (Å²) in [6.45, 7) is 0.764. The van der Waals surface area contributed by atoms with Crippen molar-refractivity contribution in [3.63, 3.8) is 0 Å². The Hall–Kier alpha value is -2.59. The van der Waals surface area contributed by atoms with Gasteiger partial charge in [0.2, 0.25) is 5.95 Å². The number of hydrogen-bond acceptors (Lipinski definition) is 4. The molecular weight excluding hydrogens is 320 g/mol. The Morgan fingerprint density at radius 2 is 1.75 bits per heavy atom. The van der Waals surface area contributed by atoms with E-state index in [4.69, 9.17) is 11.6 Å². The van der Waals surface area contributed by atoms with Gasteiger partial charge in [0.05, 0.1) is 0 Å². The maximum absolute atomic E-state index is 5.90. The van der Waals surface area contributed by atoms with Crippen molar-refractivity contribution in [3.8, 4) is 0 Å². The van der Waals surface area contributed by atoms with Crippen molar-refractivity contribution in [3.05, 3.63) is 77.4 Å². The Kier molecular flexibility index (Phi) is 5.29. The average Bonchev–Trinajstić information content (AvgIpc) is 2.64. The zero-order valence-corrected chi connectivity index (χ0v) is 14.2. The van der Waals surface area contributed by atoms with Crippen LogP contribution in [-0.4, -0.2) is 23.6 Å². The van der Waals surface area contributed by atoms with Gasteiger partial charge in [-0.25, -0.2) is 4.98 Å². The molecule has 0 amide bonds. The van der Waals surface area contributed by atoms with Gasteiger partial charge in [-0.3, -0.25) is 0 Å². The maximum Gasteiger partial charge on any atom is 0.224 e. The van der Waals surface area contributed by atoms with Gasteiger partial charge in [0, 0.05) is 30.5 Å². The molecule has 0 aliphatic carbocycles. The largest absolute Gasteiger partial charge is 0.354 e. The second-order valence-electron chi connectivity index (χ2n) is 5.44. The van der Waals surface area contributed by atoms with Gasteiger partial charge in [0.1, 0.15) is 5.82 Å². The van der Waals surface area contributed by atoms with Gasteiger partial charge in [0.15, 0.2) is 0 Å². The van der Waals surface area contributed by atoms with Gasteiger partial charge in [-0.1, -0.05) is 41.9 Å². The van der Waals surface area contributed by atoms with E-state index >= 15 is 0 Å². The number of rotatable bonds is 6. The van der Waals surface area contributed by atoms with Crippen molar-refractivity contribution in [1.82, 2.24) is 9.97 Å². The van der Waals surface area contributed by atoms with E-state index in [1.54, 1.807) is 6.20 Å². The van der Waals surface area contributed by atoms with Crippen LogP contribution < -0.4 is 10.2 Å². The molecule has 4 nitrogen and oxygen atoms in total. The highest BCUT2D eigenvalue weighted by Gasteiger charge is 2.06. The lowest BCUT2D eigenvalue weighted by atomic mass is 10.1. The Labute approximate surface area is 147 Å². The molecule has 0 spiro atoms. The number of anilines is 3. The third kappa shape index (κ3) is 4.24. The molecule has 0 aliphatic rings. The fourth-order valence-electron chi connectivity index (χ4n) is 2.37. The summed E-state index contributed by atoms with van der Waals surface area (Å²) in [6, 6.07) is 19.9. The molecule has 3 aromatic rings. The molecular formula is C19H19ClN4. The maximum atomic E-state index is 5.90. The molecule has 24 heavy (non-hydrogen) atoms. The Morgan fingerprint density at radius 3 is 2.50 bits per heavy atom. The van der Waals surface area contributed by atoms with Crippen molar-refractivity contribution in [2.24, 2.45) is 0 Å². The first-order chi connectivity index (χ1) is 11.7. The summed E-state index contributed by atoms with van der Waals surface area (Å²) >= 11 is 5.90. The summed E-state index contributed by atoms with van der Waals surface area (Å²) in [4.78, 5) is 10.9. The van der Waals surface area contributed by atoms with Crippen molar-refractivity contribution in [1.29, 1.82) is 0 Å². The number of nitrogens with zero attached hydrogens (tertiary/aromatic N) is 3. The predicted octanol–water partition coefficient (Wildman–Crippen LogP) is 4.55. The highest BCUT2D eigenvalue weighted by atomic mass is 35.5. The molecule has 122 valence electrons. The summed E-state index contributed by atoms with van der Waals surface area (Å²) in [5, 5.41) is 4.03. The molecule has 0 saturated heterocycles. The monoisotopic (exact) mass is 338 g/mol. The lowest BCUT2D eigenvalue weighted by molar-refractivity contribution is 0.976. The highest BCUT2D eigenvalue weighted by molar-refractivity contribution is 6.30. The van der Waals surface area contributed by atoms with E-state index in [0.717, 1.165) is 29.5 Å². The van der Waals surface area contributed by atoms with Crippen LogP contribution in [0.15, 0.2) is 66.9 Å². The molecule has 3 rings (SSSR count). The summed E-state index contributed by atoms with van der Waals surface area (Å²) < 4.78 is 0. The molecule has 2 aromatic carbocycles. The van der Waals surface area contributed by atoms with Crippen LogP contribution in [0.2, 0.25) is 5.02 Å². The van der Waals surface area contributed by atoms with Crippen molar-refractivity contribution >= 4 is 29.1 Å². The topological polar surface area (TPSA) is 41.1 Å². The molecule has 1 N–H and O–H groups in total. The first-order valence-corrected chi connectivity index (χ1v) is 8.20. The second-order valence-corrected chi connectivity index (χ2v) is 5.87. The molecule has 1 heterocycles. The van der Waals surface area contributed by atoms with Gasteiger partial charge in [0.25, 0.3) is 0 Å². The minimum atomic E-state index is 0.629. The van der Waals surface area contributed by atoms with E-state index in [9.17, 15) is 0 Å². The molecule has 0 bridgehead atoms. The summed E-state index contributed by atoms with van der Waals surface area (Å²) in [5.41, 5.74) is 2.31. The number of benzene rings is 2. The van der Waals surface area contributed by atoms with Crippen LogP contribution in [-0.2, 0) is 6.42 Å². The average molecular weight is 339 g/mol. The number of nitrogens with one attached hydrogen (secondary N) is 1. The minimum Gasteiger partial charge on any atom is -0.354 e. The van der Waals surface area contributed by atoms with Crippen LogP contribution in [0.25, 0.3) is 0 Å². The molecule has 0 atom stereocenters. The van der Waals surface area contributed by atoms with Crippen LogP contribution in [0, 0.1) is 0 Å². The first-order valence-electron chi connectivity index (χ1n) is 7.82. The standard InChI is InChI=1S/C19H19ClN4/c1-24(17-5-3-2-4-6-17)18-12-14-22-19(23-18)21-13-11-15-7-9-16(20)10-8-15/h2-10,12,14H,11,13H2,1H3,(H,21,22,23). The molecule has 5 heteroatoms. The fourth-order valence-corrected chi connectivity index (χ4v) is 2.50. The number of para-hydroxylation sites is 1. The third-order valence-corrected chi connectivity index (χ3v) is 3.99. The van der Waals surface area contributed by atoms with E-state index in [0.29, 0.717) is 5.95 Å². The van der Waals surface area contributed by atoms with Crippen molar-refractivity contribution < 1.29 is 0 Å². The van der Waals surface area contributed by atoms with E-state index in [2.05, 4.69) is 27.4 Å². The smallest absolute Gasteiger partial charge is 0.224 e. The Bertz CT molecular complexity index is 775. The van der Waals surface area contributed by atoms with Crippen LogP contribution >= 0.6 is 11.6 Å². The zero-order valence-electron chi connectivity index (χ0n) is 13.5. The first kappa shape index (κ1) is 16.3. The van der Waals surface area contributed by atoms with Crippen molar-refractivity contribution in [2.75, 3.05) is 23.8 Å². The summed E-state index contributed by atoms with van der Waals surface area (Å²) in [6.07, 6.45) is 2.66. The highest BCUT2D eigenvalue weighted by Crippen LogP contribution is 2.21. The fraction of sp³-hybridized carbons (Fsp3) is 0.158. The van der Waals surface area contributed by atoms with Gasteiger partial charge in [-0.05, 0) is 42.3 Å². The van der Waals surface area contributed by atoms with Crippen LogP contribution in [0.4, 0.5) is 17.5 Å². The number of aromatic nitrogens is 2. The van der Waals surface area contributed by atoms with Gasteiger partial charge in [-0.15, -0.1) is 0 Å². The quantitative estimate of drug-likeness (QED) is 0.715. The lowest BCUT2D eigenvalue weighted by Gasteiger charge is -2.18. The van der Waals surface area contributed by atoms with Gasteiger partial charge >= 0.3 is 0 Å². The van der Waals surface area contributed by atoms with E-state index < -0.39 is 0 Å². The van der Waals surface area contributed by atoms with E-state index in [-0.39, 0.29) is 0 Å².